The highest BCUT2D eigenvalue weighted by atomic mass is 16.7. The molecule has 3 unspecified atom stereocenters. The number of aliphatic hydroxyl groups excluding tert-OH is 1. The Morgan fingerprint density at radius 3 is 2.76 bits per heavy atom. The molecule has 4 aromatic rings. The Labute approximate surface area is 209 Å². The molecule has 7 rings (SSSR count). The standard InChI is InChI=1S/C27H24N2O8/c1-10-5-11-6-12-7-17-20-13(18(12)23(32)19(11)27(33)29(10)28)8-14-22(31)21-15(30)3-4-16(34-2)25(21)37-24(14)26(20)36-9-35-17/h5-6,8,15-17,30,32H,3-4,7,9,28H2,1-2H3. The van der Waals surface area contributed by atoms with Crippen LogP contribution >= 0.6 is 0 Å². The molecule has 0 saturated heterocycles. The fourth-order valence-electron chi connectivity index (χ4n) is 6.12. The first-order valence-corrected chi connectivity index (χ1v) is 12.1. The summed E-state index contributed by atoms with van der Waals surface area (Å²) in [5.74, 6) is 6.35. The van der Waals surface area contributed by atoms with Gasteiger partial charge in [0.1, 0.15) is 17.6 Å². The number of benzene rings is 2. The predicted octanol–water partition coefficient (Wildman–Crippen LogP) is 2.98. The number of fused-ring (bicyclic) bond motifs is 6. The largest absolute Gasteiger partial charge is 0.506 e. The zero-order valence-electron chi connectivity index (χ0n) is 20.2. The molecule has 0 amide bonds. The van der Waals surface area contributed by atoms with Crippen LogP contribution < -0.4 is 21.6 Å². The van der Waals surface area contributed by atoms with Gasteiger partial charge in [0.05, 0.1) is 28.5 Å². The highest BCUT2D eigenvalue weighted by Crippen LogP contribution is 2.53. The Hall–Kier alpha value is -3.86. The van der Waals surface area contributed by atoms with E-state index in [2.05, 4.69) is 0 Å². The first-order valence-electron chi connectivity index (χ1n) is 12.1. The average molecular weight is 504 g/mol. The van der Waals surface area contributed by atoms with Gasteiger partial charge in [-0.15, -0.1) is 0 Å². The number of aromatic nitrogens is 1. The van der Waals surface area contributed by atoms with Gasteiger partial charge in [-0.25, -0.2) is 4.68 Å². The van der Waals surface area contributed by atoms with Gasteiger partial charge in [0, 0.05) is 30.4 Å². The summed E-state index contributed by atoms with van der Waals surface area (Å²) in [5.41, 5.74) is 2.39. The lowest BCUT2D eigenvalue weighted by molar-refractivity contribution is -0.0591. The van der Waals surface area contributed by atoms with E-state index in [-0.39, 0.29) is 39.9 Å². The van der Waals surface area contributed by atoms with Gasteiger partial charge in [-0.2, -0.15) is 0 Å². The smallest absolute Gasteiger partial charge is 0.280 e. The lowest BCUT2D eigenvalue weighted by Gasteiger charge is -2.34. The molecular weight excluding hydrogens is 480 g/mol. The summed E-state index contributed by atoms with van der Waals surface area (Å²) in [6.45, 7) is 1.67. The van der Waals surface area contributed by atoms with E-state index >= 15 is 0 Å². The second-order valence-electron chi connectivity index (χ2n) is 9.88. The molecule has 3 atom stereocenters. The molecule has 0 fully saturated rings. The van der Waals surface area contributed by atoms with Gasteiger partial charge in [-0.05, 0) is 54.5 Å². The second kappa shape index (κ2) is 7.58. The van der Waals surface area contributed by atoms with Gasteiger partial charge < -0.3 is 34.7 Å². The van der Waals surface area contributed by atoms with E-state index < -0.39 is 23.9 Å². The highest BCUT2D eigenvalue weighted by molar-refractivity contribution is 6.01. The normalized spacial score (nSPS) is 21.9. The zero-order valence-corrected chi connectivity index (χ0v) is 20.2. The monoisotopic (exact) mass is 504 g/mol. The van der Waals surface area contributed by atoms with Gasteiger partial charge in [0.2, 0.25) is 0 Å². The Morgan fingerprint density at radius 2 is 1.97 bits per heavy atom. The maximum Gasteiger partial charge on any atom is 0.280 e. The van der Waals surface area contributed by atoms with E-state index in [1.165, 1.54) is 7.11 Å². The molecule has 1 aliphatic heterocycles. The highest BCUT2D eigenvalue weighted by Gasteiger charge is 2.39. The molecular formula is C27H24N2O8. The molecule has 3 aliphatic rings. The number of nitrogen functional groups attached to an aromatic ring is 1. The van der Waals surface area contributed by atoms with Crippen molar-refractivity contribution in [1.29, 1.82) is 0 Å². The minimum atomic E-state index is -0.984. The lowest BCUT2D eigenvalue weighted by atomic mass is 9.80. The zero-order chi connectivity index (χ0) is 25.7. The van der Waals surface area contributed by atoms with Gasteiger partial charge in [-0.3, -0.25) is 9.59 Å². The van der Waals surface area contributed by atoms with Gasteiger partial charge in [-0.1, -0.05) is 0 Å². The van der Waals surface area contributed by atoms with Crippen molar-refractivity contribution in [2.45, 2.75) is 44.5 Å². The van der Waals surface area contributed by atoms with Crippen molar-refractivity contribution in [3.63, 3.8) is 0 Å². The summed E-state index contributed by atoms with van der Waals surface area (Å²) in [4.78, 5) is 26.8. The molecule has 0 spiro atoms. The number of rotatable bonds is 1. The third kappa shape index (κ3) is 2.85. The Bertz CT molecular complexity index is 1790. The second-order valence-corrected chi connectivity index (χ2v) is 9.88. The van der Waals surface area contributed by atoms with Crippen molar-refractivity contribution < 1.29 is 28.8 Å². The molecule has 3 heterocycles. The van der Waals surface area contributed by atoms with E-state index in [1.54, 1.807) is 19.1 Å². The van der Waals surface area contributed by atoms with Gasteiger partial charge in [0.25, 0.3) is 5.56 Å². The Morgan fingerprint density at radius 1 is 1.16 bits per heavy atom. The van der Waals surface area contributed by atoms with Crippen LogP contribution in [0.1, 0.15) is 59.3 Å². The number of phenolic OH excluding ortho intramolecular Hbond substituents is 1. The molecule has 2 aliphatic carbocycles. The number of hydrogen-bond acceptors (Lipinski definition) is 9. The number of nitrogens with zero attached hydrogens (tertiary/aromatic N) is 1. The summed E-state index contributed by atoms with van der Waals surface area (Å²) >= 11 is 0. The van der Waals surface area contributed by atoms with Crippen LogP contribution in [-0.2, 0) is 15.9 Å². The van der Waals surface area contributed by atoms with Crippen LogP contribution in [0.3, 0.4) is 0 Å². The van der Waals surface area contributed by atoms with E-state index in [9.17, 15) is 19.8 Å². The minimum Gasteiger partial charge on any atom is -0.506 e. The molecule has 2 aromatic carbocycles. The molecule has 190 valence electrons. The summed E-state index contributed by atoms with van der Waals surface area (Å²) in [6, 6.07) is 5.23. The number of methoxy groups -OCH3 is 1. The molecule has 4 N–H and O–H groups in total. The number of aliphatic hydroxyl groups is 1. The van der Waals surface area contributed by atoms with Crippen molar-refractivity contribution in [2.75, 3.05) is 19.7 Å². The third-order valence-corrected chi connectivity index (χ3v) is 7.91. The quantitative estimate of drug-likeness (QED) is 0.333. The molecule has 10 heteroatoms. The Balaban J connectivity index is 1.61. The fourth-order valence-corrected chi connectivity index (χ4v) is 6.12. The van der Waals surface area contributed by atoms with Crippen LogP contribution in [0.15, 0.2) is 32.2 Å². The summed E-state index contributed by atoms with van der Waals surface area (Å²) in [6.07, 6.45) is -0.555. The van der Waals surface area contributed by atoms with Crippen molar-refractivity contribution in [3.05, 3.63) is 66.9 Å². The van der Waals surface area contributed by atoms with Crippen LogP contribution in [0.2, 0.25) is 0 Å². The number of pyridine rings is 1. The van der Waals surface area contributed by atoms with Crippen LogP contribution in [-0.4, -0.2) is 28.8 Å². The first kappa shape index (κ1) is 22.3. The molecule has 37 heavy (non-hydrogen) atoms. The van der Waals surface area contributed by atoms with E-state index in [0.717, 1.165) is 10.2 Å². The summed E-state index contributed by atoms with van der Waals surface area (Å²) in [7, 11) is 1.54. The van der Waals surface area contributed by atoms with Crippen molar-refractivity contribution in [1.82, 2.24) is 4.68 Å². The predicted molar refractivity (Wildman–Crippen MR) is 133 cm³/mol. The van der Waals surface area contributed by atoms with Crippen LogP contribution in [0.5, 0.6) is 11.5 Å². The number of ether oxygens (including phenoxy) is 3. The topological polar surface area (TPSA) is 146 Å². The number of phenols is 1. The average Bonchev–Trinajstić information content (AvgIpc) is 2.88. The SMILES string of the molecule is COC1CCC(O)c2c1oc1c3c4c(cc1c2=O)-c1c(cc2cc(C)n(N)c(=O)c2c1O)CC4OCO3. The van der Waals surface area contributed by atoms with Crippen LogP contribution in [0.4, 0.5) is 0 Å². The summed E-state index contributed by atoms with van der Waals surface area (Å²) < 4.78 is 24.6. The molecule has 10 nitrogen and oxygen atoms in total. The third-order valence-electron chi connectivity index (χ3n) is 7.91. The van der Waals surface area contributed by atoms with Gasteiger partial charge in [0.15, 0.2) is 23.6 Å². The summed E-state index contributed by atoms with van der Waals surface area (Å²) in [5, 5.41) is 23.0. The fraction of sp³-hybridized carbons (Fsp3) is 0.333. The molecule has 0 radical (unpaired) electrons. The van der Waals surface area contributed by atoms with Crippen molar-refractivity contribution in [2.24, 2.45) is 0 Å². The van der Waals surface area contributed by atoms with E-state index in [1.807, 2.05) is 6.07 Å². The van der Waals surface area contributed by atoms with Crippen molar-refractivity contribution >= 4 is 21.7 Å². The number of nitrogens with two attached hydrogens (primary N) is 1. The number of aromatic hydroxyl groups is 1. The maximum atomic E-state index is 13.7. The van der Waals surface area contributed by atoms with Crippen LogP contribution in [0.25, 0.3) is 32.9 Å². The molecule has 0 bridgehead atoms. The lowest BCUT2D eigenvalue weighted by Crippen LogP contribution is -2.29. The van der Waals surface area contributed by atoms with Crippen molar-refractivity contribution in [3.8, 4) is 22.6 Å². The minimum absolute atomic E-state index is 0.0424. The molecule has 0 saturated carbocycles. The maximum absolute atomic E-state index is 13.7. The van der Waals surface area contributed by atoms with Crippen LogP contribution in [0, 0.1) is 6.92 Å². The Kier molecular flexibility index (Phi) is 4.58. The van der Waals surface area contributed by atoms with E-state index in [0.29, 0.717) is 58.5 Å². The number of aryl methyl sites for hydroxylation is 1. The first-order chi connectivity index (χ1) is 17.8. The van der Waals surface area contributed by atoms with Gasteiger partial charge >= 0.3 is 0 Å². The number of hydrogen-bond donors (Lipinski definition) is 3. The van der Waals surface area contributed by atoms with E-state index in [4.69, 9.17) is 24.5 Å². The molecule has 2 aromatic heterocycles.